The van der Waals surface area contributed by atoms with Crippen molar-refractivity contribution in [3.05, 3.63) is 65.5 Å². The Hall–Kier alpha value is -3.74. The molecule has 2 aromatic carbocycles. The number of aryl methyl sites for hydroxylation is 1. The van der Waals surface area contributed by atoms with Crippen LogP contribution >= 0.6 is 0 Å². The van der Waals surface area contributed by atoms with E-state index in [9.17, 15) is 9.59 Å². The van der Waals surface area contributed by atoms with Gasteiger partial charge < -0.3 is 24.3 Å². The van der Waals surface area contributed by atoms with E-state index in [0.29, 0.717) is 30.2 Å². The summed E-state index contributed by atoms with van der Waals surface area (Å²) in [7, 11) is 3.07. The van der Waals surface area contributed by atoms with Crippen molar-refractivity contribution in [3.8, 4) is 11.5 Å². The highest BCUT2D eigenvalue weighted by Gasteiger charge is 2.23. The molecule has 4 rings (SSSR count). The number of aromatic nitrogens is 1. The van der Waals surface area contributed by atoms with Crippen molar-refractivity contribution in [1.82, 2.24) is 14.8 Å². The molecule has 0 atom stereocenters. The smallest absolute Gasteiger partial charge is 0.270 e. The van der Waals surface area contributed by atoms with E-state index in [1.165, 1.54) is 7.11 Å². The van der Waals surface area contributed by atoms with Crippen molar-refractivity contribution in [2.75, 3.05) is 27.3 Å². The molecule has 184 valence electrons. The third-order valence-corrected chi connectivity index (χ3v) is 6.48. The molecule has 0 unspecified atom stereocenters. The van der Waals surface area contributed by atoms with Gasteiger partial charge in [0.2, 0.25) is 0 Å². The molecule has 7 nitrogen and oxygen atoms in total. The largest absolute Gasteiger partial charge is 0.493 e. The lowest BCUT2D eigenvalue weighted by Crippen LogP contribution is -2.39. The Morgan fingerprint density at radius 1 is 0.971 bits per heavy atom. The summed E-state index contributed by atoms with van der Waals surface area (Å²) in [6.45, 7) is 4.28. The normalized spacial score (nSPS) is 14.5. The van der Waals surface area contributed by atoms with Gasteiger partial charge in [0.15, 0.2) is 11.5 Å². The number of carbonyl (C=O) groups excluding carboxylic acids is 2. The van der Waals surface area contributed by atoms with Crippen molar-refractivity contribution >= 4 is 28.8 Å². The molecule has 1 N–H and O–H groups in total. The number of likely N-dealkylation sites (tertiary alicyclic amines) is 1. The Morgan fingerprint density at radius 2 is 1.69 bits per heavy atom. The number of amides is 2. The first kappa shape index (κ1) is 24.4. The van der Waals surface area contributed by atoms with Crippen LogP contribution in [0.2, 0.25) is 0 Å². The number of hydrogen-bond donors (Lipinski definition) is 1. The van der Waals surface area contributed by atoms with Crippen molar-refractivity contribution in [2.24, 2.45) is 0 Å². The average Bonchev–Trinajstić information content (AvgIpc) is 3.05. The molecule has 0 radical (unpaired) electrons. The second-order valence-corrected chi connectivity index (χ2v) is 8.68. The number of nitrogens with one attached hydrogen (secondary N) is 1. The average molecular weight is 476 g/mol. The van der Waals surface area contributed by atoms with E-state index in [-0.39, 0.29) is 17.5 Å². The third-order valence-electron chi connectivity index (χ3n) is 6.48. The van der Waals surface area contributed by atoms with E-state index >= 15 is 0 Å². The van der Waals surface area contributed by atoms with Crippen LogP contribution in [0.15, 0.2) is 54.4 Å². The highest BCUT2D eigenvalue weighted by Crippen LogP contribution is 2.28. The summed E-state index contributed by atoms with van der Waals surface area (Å²) >= 11 is 0. The van der Waals surface area contributed by atoms with Crippen LogP contribution in [-0.2, 0) is 11.3 Å². The fourth-order valence-electron chi connectivity index (χ4n) is 4.57. The summed E-state index contributed by atoms with van der Waals surface area (Å²) in [4.78, 5) is 28.8. The molecule has 7 heteroatoms. The minimum Gasteiger partial charge on any atom is -0.493 e. The van der Waals surface area contributed by atoms with Crippen LogP contribution in [0.25, 0.3) is 17.0 Å². The number of carbonyl (C=O) groups is 2. The van der Waals surface area contributed by atoms with Gasteiger partial charge in [0.1, 0.15) is 5.70 Å². The lowest BCUT2D eigenvalue weighted by Gasteiger charge is -2.22. The van der Waals surface area contributed by atoms with Gasteiger partial charge >= 0.3 is 0 Å². The van der Waals surface area contributed by atoms with Gasteiger partial charge in [-0.3, -0.25) is 9.59 Å². The van der Waals surface area contributed by atoms with Gasteiger partial charge in [0.25, 0.3) is 11.8 Å². The molecule has 1 saturated heterocycles. The lowest BCUT2D eigenvalue weighted by atomic mass is 10.1. The first-order valence-corrected chi connectivity index (χ1v) is 12.2. The van der Waals surface area contributed by atoms with Gasteiger partial charge in [-0.25, -0.2) is 0 Å². The minimum absolute atomic E-state index is 0.158. The molecule has 2 amide bonds. The number of hydrogen-bond acceptors (Lipinski definition) is 4. The van der Waals surface area contributed by atoms with Gasteiger partial charge in [0, 0.05) is 47.9 Å². The molecule has 1 aliphatic heterocycles. The maximum atomic E-state index is 13.6. The highest BCUT2D eigenvalue weighted by atomic mass is 16.5. The highest BCUT2D eigenvalue weighted by molar-refractivity contribution is 6.06. The second kappa shape index (κ2) is 11.1. The van der Waals surface area contributed by atoms with E-state index in [4.69, 9.17) is 9.47 Å². The Labute approximate surface area is 206 Å². The van der Waals surface area contributed by atoms with E-state index in [1.54, 1.807) is 31.4 Å². The predicted molar refractivity (Wildman–Crippen MR) is 138 cm³/mol. The fraction of sp³-hybridized carbons (Fsp3) is 0.357. The summed E-state index contributed by atoms with van der Waals surface area (Å²) in [5, 5.41) is 3.94. The Bertz CT molecular complexity index is 1240. The van der Waals surface area contributed by atoms with E-state index in [1.807, 2.05) is 29.3 Å². The van der Waals surface area contributed by atoms with E-state index in [0.717, 1.165) is 48.7 Å². The van der Waals surface area contributed by atoms with Gasteiger partial charge in [-0.1, -0.05) is 31.0 Å². The number of nitrogens with zero attached hydrogens (tertiary/aromatic N) is 2. The summed E-state index contributed by atoms with van der Waals surface area (Å²) in [6, 6.07) is 13.1. The SMILES string of the molecule is CCn1cc(/C=C(\NC(=O)c2ccc(OC)c(OC)c2)C(=O)N2CCCCCC2)c2ccccc21. The first-order valence-electron chi connectivity index (χ1n) is 12.2. The van der Waals surface area contributed by atoms with Crippen LogP contribution < -0.4 is 14.8 Å². The summed E-state index contributed by atoms with van der Waals surface area (Å²) in [5.41, 5.74) is 2.64. The van der Waals surface area contributed by atoms with Crippen molar-refractivity contribution < 1.29 is 19.1 Å². The standard InChI is InChI=1S/C28H33N3O4/c1-4-30-19-21(22-11-7-8-12-24(22)30)17-23(28(33)31-15-9-5-6-10-16-31)29-27(32)20-13-14-25(34-2)26(18-20)35-3/h7-8,11-14,17-19H,4-6,9-10,15-16H2,1-3H3,(H,29,32)/b23-17-. The zero-order valence-electron chi connectivity index (χ0n) is 20.7. The molecule has 0 aliphatic carbocycles. The van der Waals surface area contributed by atoms with Crippen LogP contribution in [0.1, 0.15) is 48.5 Å². The van der Waals surface area contributed by atoms with Gasteiger partial charge in [0.05, 0.1) is 14.2 Å². The Kier molecular flexibility index (Phi) is 7.75. The second-order valence-electron chi connectivity index (χ2n) is 8.68. The van der Waals surface area contributed by atoms with Crippen molar-refractivity contribution in [2.45, 2.75) is 39.2 Å². The van der Waals surface area contributed by atoms with Crippen LogP contribution in [-0.4, -0.2) is 48.6 Å². The molecule has 1 aromatic heterocycles. The monoisotopic (exact) mass is 475 g/mol. The van der Waals surface area contributed by atoms with Crippen LogP contribution in [0.5, 0.6) is 11.5 Å². The molecule has 2 heterocycles. The summed E-state index contributed by atoms with van der Waals surface area (Å²) in [5.74, 6) is 0.456. The predicted octanol–water partition coefficient (Wildman–Crippen LogP) is 4.85. The van der Waals surface area contributed by atoms with Gasteiger partial charge in [-0.15, -0.1) is 0 Å². The van der Waals surface area contributed by atoms with Crippen LogP contribution in [0.4, 0.5) is 0 Å². The number of ether oxygens (including phenoxy) is 2. The molecule has 0 saturated carbocycles. The fourth-order valence-corrected chi connectivity index (χ4v) is 4.57. The summed E-state index contributed by atoms with van der Waals surface area (Å²) in [6.07, 6.45) is 8.01. The minimum atomic E-state index is -0.375. The Morgan fingerprint density at radius 3 is 2.37 bits per heavy atom. The van der Waals surface area contributed by atoms with Crippen molar-refractivity contribution in [3.63, 3.8) is 0 Å². The molecular weight excluding hydrogens is 442 g/mol. The zero-order valence-corrected chi connectivity index (χ0v) is 20.7. The van der Waals surface area contributed by atoms with Gasteiger partial charge in [-0.2, -0.15) is 0 Å². The maximum Gasteiger partial charge on any atom is 0.270 e. The number of benzene rings is 2. The summed E-state index contributed by atoms with van der Waals surface area (Å²) < 4.78 is 12.8. The number of para-hydroxylation sites is 1. The first-order chi connectivity index (χ1) is 17.0. The third kappa shape index (κ3) is 5.34. The van der Waals surface area contributed by atoms with Crippen molar-refractivity contribution in [1.29, 1.82) is 0 Å². The topological polar surface area (TPSA) is 72.8 Å². The quantitative estimate of drug-likeness (QED) is 0.496. The number of methoxy groups -OCH3 is 2. The van der Waals surface area contributed by atoms with E-state index in [2.05, 4.69) is 22.9 Å². The zero-order chi connectivity index (χ0) is 24.8. The molecule has 3 aromatic rings. The molecule has 1 fully saturated rings. The number of fused-ring (bicyclic) bond motifs is 1. The molecule has 1 aliphatic rings. The maximum absolute atomic E-state index is 13.6. The Balaban J connectivity index is 1.72. The van der Waals surface area contributed by atoms with Crippen LogP contribution in [0.3, 0.4) is 0 Å². The van der Waals surface area contributed by atoms with Gasteiger partial charge in [-0.05, 0) is 50.1 Å². The molecule has 0 spiro atoms. The molecule has 35 heavy (non-hydrogen) atoms. The lowest BCUT2D eigenvalue weighted by molar-refractivity contribution is -0.127. The number of rotatable bonds is 7. The van der Waals surface area contributed by atoms with E-state index < -0.39 is 0 Å². The molecule has 0 bridgehead atoms. The molecular formula is C28H33N3O4. The van der Waals surface area contributed by atoms with Crippen LogP contribution in [0, 0.1) is 0 Å².